The lowest BCUT2D eigenvalue weighted by molar-refractivity contribution is -0.116. The van der Waals surface area contributed by atoms with Gasteiger partial charge in [-0.05, 0) is 35.7 Å². The van der Waals surface area contributed by atoms with Crippen LogP contribution in [0.2, 0.25) is 0 Å². The summed E-state index contributed by atoms with van der Waals surface area (Å²) in [5, 5.41) is 0. The van der Waals surface area contributed by atoms with Crippen LogP contribution < -0.4 is 4.31 Å². The van der Waals surface area contributed by atoms with Crippen LogP contribution in [0.25, 0.3) is 0 Å². The second-order valence-electron chi connectivity index (χ2n) is 4.62. The Hall–Kier alpha value is -2.21. The number of benzene rings is 1. The third-order valence-electron chi connectivity index (χ3n) is 3.24. The van der Waals surface area contributed by atoms with E-state index in [9.17, 15) is 13.5 Å². The molecule has 0 radical (unpaired) electrons. The fourth-order valence-electron chi connectivity index (χ4n) is 2.14. The van der Waals surface area contributed by atoms with Crippen molar-refractivity contribution in [1.29, 1.82) is 0 Å². The van der Waals surface area contributed by atoms with E-state index in [1.54, 1.807) is 30.3 Å². The molecule has 1 aromatic heterocycles. The summed E-state index contributed by atoms with van der Waals surface area (Å²) in [4.78, 5) is 27.2. The van der Waals surface area contributed by atoms with E-state index in [0.717, 1.165) is 28.1 Å². The quantitative estimate of drug-likeness (QED) is 0.603. The maximum atomic E-state index is 13.1. The largest absolute Gasteiger partial charge is 0.298 e. The highest BCUT2D eigenvalue weighted by molar-refractivity contribution is 7.96. The van der Waals surface area contributed by atoms with Gasteiger partial charge in [0, 0.05) is 11.8 Å². The minimum Gasteiger partial charge on any atom is -0.298 e. The van der Waals surface area contributed by atoms with Crippen molar-refractivity contribution in [2.75, 3.05) is 4.31 Å². The zero-order valence-electron chi connectivity index (χ0n) is 12.0. The molecule has 0 aliphatic rings. The van der Waals surface area contributed by atoms with Gasteiger partial charge in [-0.1, -0.05) is 25.1 Å². The molecule has 6 heteroatoms. The predicted octanol–water partition coefficient (Wildman–Crippen LogP) is 3.56. The SMILES string of the molecule is CCc1ccc(C=O)cc1CC(=O)N(SF)c1ccccn1. The normalized spacial score (nSPS) is 10.3. The Morgan fingerprint density at radius 3 is 2.73 bits per heavy atom. The summed E-state index contributed by atoms with van der Waals surface area (Å²) < 4.78 is 14.1. The lowest BCUT2D eigenvalue weighted by Crippen LogP contribution is -2.25. The molecule has 1 heterocycles. The van der Waals surface area contributed by atoms with E-state index in [-0.39, 0.29) is 24.6 Å². The van der Waals surface area contributed by atoms with Gasteiger partial charge in [0.25, 0.3) is 0 Å². The van der Waals surface area contributed by atoms with Crippen molar-refractivity contribution in [3.63, 3.8) is 0 Å². The first-order chi connectivity index (χ1) is 10.7. The summed E-state index contributed by atoms with van der Waals surface area (Å²) in [6, 6.07) is 10.1. The van der Waals surface area contributed by atoms with Crippen LogP contribution in [0.5, 0.6) is 0 Å². The molecule has 0 aliphatic heterocycles. The average Bonchev–Trinajstić information content (AvgIpc) is 2.56. The Bertz CT molecular complexity index is 664. The third-order valence-corrected chi connectivity index (χ3v) is 3.77. The van der Waals surface area contributed by atoms with Crippen molar-refractivity contribution in [3.8, 4) is 0 Å². The molecule has 0 saturated carbocycles. The molecule has 1 aromatic carbocycles. The van der Waals surface area contributed by atoms with Crippen molar-refractivity contribution >= 4 is 30.3 Å². The first kappa shape index (κ1) is 16.2. The first-order valence-corrected chi connectivity index (χ1v) is 7.46. The van der Waals surface area contributed by atoms with E-state index in [1.807, 2.05) is 13.0 Å². The predicted molar refractivity (Wildman–Crippen MR) is 85.3 cm³/mol. The fraction of sp³-hybridized carbons (Fsp3) is 0.188. The smallest absolute Gasteiger partial charge is 0.244 e. The van der Waals surface area contributed by atoms with Gasteiger partial charge in [-0.3, -0.25) is 9.59 Å². The standard InChI is InChI=1S/C16H15FN2O2S/c1-2-13-7-6-12(11-20)9-14(13)10-16(21)19(22-17)15-5-3-4-8-18-15/h3-9,11H,2,10H2,1H3. The molecule has 0 spiro atoms. The Labute approximate surface area is 132 Å². The summed E-state index contributed by atoms with van der Waals surface area (Å²) in [5.41, 5.74) is 2.19. The number of amides is 1. The van der Waals surface area contributed by atoms with Crippen molar-refractivity contribution in [2.24, 2.45) is 0 Å². The second kappa shape index (κ2) is 7.70. The highest BCUT2D eigenvalue weighted by Gasteiger charge is 2.19. The van der Waals surface area contributed by atoms with Gasteiger partial charge in [0.2, 0.25) is 5.91 Å². The first-order valence-electron chi connectivity index (χ1n) is 6.79. The van der Waals surface area contributed by atoms with Crippen molar-refractivity contribution in [3.05, 3.63) is 59.3 Å². The fourth-order valence-corrected chi connectivity index (χ4v) is 2.46. The number of pyridine rings is 1. The minimum absolute atomic E-state index is 0.0122. The van der Waals surface area contributed by atoms with Crippen LogP contribution in [0.15, 0.2) is 42.6 Å². The van der Waals surface area contributed by atoms with E-state index in [2.05, 4.69) is 4.98 Å². The van der Waals surface area contributed by atoms with Crippen LogP contribution in [0.4, 0.5) is 9.70 Å². The van der Waals surface area contributed by atoms with Crippen molar-refractivity contribution in [1.82, 2.24) is 4.98 Å². The molecular weight excluding hydrogens is 303 g/mol. The van der Waals surface area contributed by atoms with E-state index < -0.39 is 5.91 Å². The van der Waals surface area contributed by atoms with Gasteiger partial charge in [0.15, 0.2) is 12.3 Å². The van der Waals surface area contributed by atoms with Gasteiger partial charge in [0.1, 0.15) is 12.1 Å². The number of nitrogens with zero attached hydrogens (tertiary/aromatic N) is 2. The molecule has 0 bridgehead atoms. The number of carbonyl (C=O) groups is 2. The number of anilines is 1. The molecule has 0 N–H and O–H groups in total. The topological polar surface area (TPSA) is 50.3 Å². The number of aldehydes is 1. The highest BCUT2D eigenvalue weighted by Crippen LogP contribution is 2.23. The number of halogens is 1. The number of hydrogen-bond acceptors (Lipinski definition) is 4. The molecule has 2 rings (SSSR count). The number of aryl methyl sites for hydroxylation is 1. The maximum absolute atomic E-state index is 13.1. The summed E-state index contributed by atoms with van der Waals surface area (Å²) in [6.45, 7) is 1.96. The third kappa shape index (κ3) is 3.71. The highest BCUT2D eigenvalue weighted by atomic mass is 32.2. The van der Waals surface area contributed by atoms with E-state index in [0.29, 0.717) is 5.56 Å². The molecule has 0 atom stereocenters. The van der Waals surface area contributed by atoms with Crippen molar-refractivity contribution < 1.29 is 13.5 Å². The van der Waals surface area contributed by atoms with Crippen LogP contribution in [0, 0.1) is 0 Å². The van der Waals surface area contributed by atoms with Crippen LogP contribution >= 0.6 is 12.3 Å². The lowest BCUT2D eigenvalue weighted by Gasteiger charge is -2.16. The summed E-state index contributed by atoms with van der Waals surface area (Å²) in [5.74, 6) is -0.187. The lowest BCUT2D eigenvalue weighted by atomic mass is 9.99. The van der Waals surface area contributed by atoms with Crippen LogP contribution in [0.1, 0.15) is 28.4 Å². The summed E-state index contributed by atoms with van der Waals surface area (Å²) >= 11 is -0.174. The minimum atomic E-state index is -0.427. The van der Waals surface area contributed by atoms with E-state index in [4.69, 9.17) is 0 Å². The summed E-state index contributed by atoms with van der Waals surface area (Å²) in [6.07, 6.45) is 2.97. The molecule has 1 amide bonds. The van der Waals surface area contributed by atoms with Crippen molar-refractivity contribution in [2.45, 2.75) is 19.8 Å². The van der Waals surface area contributed by atoms with Gasteiger partial charge in [-0.25, -0.2) is 9.29 Å². The average molecular weight is 318 g/mol. The van der Waals surface area contributed by atoms with E-state index in [1.165, 1.54) is 6.20 Å². The Morgan fingerprint density at radius 2 is 2.14 bits per heavy atom. The Kier molecular flexibility index (Phi) is 5.66. The number of carbonyl (C=O) groups excluding carboxylic acids is 2. The molecule has 114 valence electrons. The monoisotopic (exact) mass is 318 g/mol. The van der Waals surface area contributed by atoms with E-state index >= 15 is 0 Å². The molecule has 0 aliphatic carbocycles. The van der Waals surface area contributed by atoms with Gasteiger partial charge >= 0.3 is 0 Å². The van der Waals surface area contributed by atoms with Gasteiger partial charge in [0.05, 0.1) is 6.42 Å². The number of hydrogen-bond donors (Lipinski definition) is 0. The van der Waals surface area contributed by atoms with Crippen LogP contribution in [-0.2, 0) is 17.6 Å². The van der Waals surface area contributed by atoms with Gasteiger partial charge in [-0.15, -0.1) is 3.89 Å². The number of aromatic nitrogens is 1. The van der Waals surface area contributed by atoms with Crippen LogP contribution in [0.3, 0.4) is 0 Å². The zero-order valence-corrected chi connectivity index (χ0v) is 12.8. The Morgan fingerprint density at radius 1 is 1.32 bits per heavy atom. The molecule has 0 unspecified atom stereocenters. The molecular formula is C16H15FN2O2S. The Balaban J connectivity index is 2.25. The molecule has 0 fully saturated rings. The molecule has 2 aromatic rings. The maximum Gasteiger partial charge on any atom is 0.244 e. The van der Waals surface area contributed by atoms with Gasteiger partial charge in [-0.2, -0.15) is 0 Å². The molecule has 22 heavy (non-hydrogen) atoms. The number of rotatable bonds is 6. The zero-order chi connectivity index (χ0) is 15.9. The second-order valence-corrected chi connectivity index (χ2v) is 5.12. The molecule has 4 nitrogen and oxygen atoms in total. The summed E-state index contributed by atoms with van der Waals surface area (Å²) in [7, 11) is 0. The van der Waals surface area contributed by atoms with Gasteiger partial charge < -0.3 is 0 Å². The van der Waals surface area contributed by atoms with Crippen LogP contribution in [-0.4, -0.2) is 17.2 Å². The molecule has 0 saturated heterocycles.